The molecule has 1 fully saturated rings. The molecule has 0 unspecified atom stereocenters. The van der Waals surface area contributed by atoms with Gasteiger partial charge in [-0.2, -0.15) is 5.10 Å². The Kier molecular flexibility index (Phi) is 4.87. The number of para-hydroxylation sites is 2. The zero-order valence-corrected chi connectivity index (χ0v) is 17.8. The van der Waals surface area contributed by atoms with E-state index in [0.717, 1.165) is 40.2 Å². The average molecular weight is 418 g/mol. The fraction of sp³-hybridized carbons (Fsp3) is 0.250. The van der Waals surface area contributed by atoms with Gasteiger partial charge in [-0.15, -0.1) is 11.8 Å². The number of benzene rings is 2. The van der Waals surface area contributed by atoms with Crippen molar-refractivity contribution in [2.45, 2.75) is 19.2 Å². The Morgan fingerprint density at radius 1 is 1.13 bits per heavy atom. The van der Waals surface area contributed by atoms with E-state index in [1.165, 1.54) is 0 Å². The molecule has 2 aromatic heterocycles. The summed E-state index contributed by atoms with van der Waals surface area (Å²) in [5.41, 5.74) is 3.61. The number of furan rings is 1. The second-order valence-corrected chi connectivity index (χ2v) is 9.03. The van der Waals surface area contributed by atoms with Crippen molar-refractivity contribution in [3.63, 3.8) is 0 Å². The van der Waals surface area contributed by atoms with Gasteiger partial charge in [0, 0.05) is 23.7 Å². The number of aromatic nitrogens is 2. The van der Waals surface area contributed by atoms with Gasteiger partial charge in [0.2, 0.25) is 5.91 Å². The molecular formula is C24H23N3O2S. The van der Waals surface area contributed by atoms with Gasteiger partial charge in [-0.3, -0.25) is 4.79 Å². The van der Waals surface area contributed by atoms with Crippen LogP contribution in [0.1, 0.15) is 24.8 Å². The molecule has 0 saturated carbocycles. The van der Waals surface area contributed by atoms with E-state index in [-0.39, 0.29) is 11.3 Å². The van der Waals surface area contributed by atoms with Crippen LogP contribution in [-0.4, -0.2) is 32.9 Å². The number of thioether (sulfide) groups is 1. The number of carbonyl (C=O) groups is 1. The summed E-state index contributed by atoms with van der Waals surface area (Å²) in [6.07, 6.45) is 2.04. The van der Waals surface area contributed by atoms with E-state index in [1.54, 1.807) is 11.8 Å². The number of hydrogen-bond donors (Lipinski definition) is 0. The van der Waals surface area contributed by atoms with Crippen LogP contribution in [0.2, 0.25) is 0 Å². The summed E-state index contributed by atoms with van der Waals surface area (Å²) in [6.45, 7) is 5.01. The molecule has 0 aliphatic carbocycles. The van der Waals surface area contributed by atoms with Crippen LogP contribution in [0.15, 0.2) is 71.3 Å². The Labute approximate surface area is 179 Å². The van der Waals surface area contributed by atoms with E-state index in [9.17, 15) is 4.79 Å². The normalized spacial score (nSPS) is 16.8. The van der Waals surface area contributed by atoms with Crippen LogP contribution < -0.4 is 0 Å². The van der Waals surface area contributed by atoms with Gasteiger partial charge in [-0.05, 0) is 30.2 Å². The van der Waals surface area contributed by atoms with Crippen LogP contribution in [0.25, 0.3) is 28.1 Å². The molecular weight excluding hydrogens is 394 g/mol. The summed E-state index contributed by atoms with van der Waals surface area (Å²) in [5.74, 6) is 1.80. The predicted molar refractivity (Wildman–Crippen MR) is 121 cm³/mol. The van der Waals surface area contributed by atoms with Crippen molar-refractivity contribution in [2.75, 3.05) is 12.3 Å². The van der Waals surface area contributed by atoms with Crippen LogP contribution in [-0.2, 0) is 4.79 Å². The fourth-order valence-corrected chi connectivity index (χ4v) is 5.08. The Balaban J connectivity index is 1.65. The largest absolute Gasteiger partial charge is 0.454 e. The maximum absolute atomic E-state index is 12.6. The molecule has 6 heteroatoms. The Bertz CT molecular complexity index is 1160. The molecule has 1 atom stereocenters. The van der Waals surface area contributed by atoms with Gasteiger partial charge in [0.25, 0.3) is 0 Å². The van der Waals surface area contributed by atoms with Crippen molar-refractivity contribution in [2.24, 2.45) is 5.92 Å². The molecule has 30 heavy (non-hydrogen) atoms. The highest BCUT2D eigenvalue weighted by molar-refractivity contribution is 8.00. The SMILES string of the molecule is CC(C)CN1C(=O)CS[C@H]1c1cn(-c2ccccc2)nc1-c1cc2ccccc2o1. The average Bonchev–Trinajstić information content (AvgIpc) is 3.45. The zero-order chi connectivity index (χ0) is 20.7. The standard InChI is InChI=1S/C24H23N3O2S/c1-16(2)13-26-22(28)15-30-24(26)19-14-27(18-9-4-3-5-10-18)25-23(19)21-12-17-8-6-7-11-20(17)29-21/h3-12,14,16,24H,13,15H2,1-2H3/t24-/m0/s1. The summed E-state index contributed by atoms with van der Waals surface area (Å²) in [5, 5.41) is 5.88. The third-order valence-corrected chi connectivity index (χ3v) is 6.46. The first-order valence-electron chi connectivity index (χ1n) is 10.1. The summed E-state index contributed by atoms with van der Waals surface area (Å²) in [4.78, 5) is 14.6. The number of nitrogens with zero attached hydrogens (tertiary/aromatic N) is 3. The smallest absolute Gasteiger partial charge is 0.233 e. The highest BCUT2D eigenvalue weighted by Gasteiger charge is 2.36. The molecule has 0 radical (unpaired) electrons. The third-order valence-electron chi connectivity index (χ3n) is 5.22. The second-order valence-electron chi connectivity index (χ2n) is 7.96. The maximum atomic E-state index is 12.6. The molecule has 1 amide bonds. The molecule has 5 nitrogen and oxygen atoms in total. The Hall–Kier alpha value is -2.99. The number of carbonyl (C=O) groups excluding carboxylic acids is 1. The molecule has 2 aromatic carbocycles. The van der Waals surface area contributed by atoms with E-state index in [1.807, 2.05) is 76.4 Å². The summed E-state index contributed by atoms with van der Waals surface area (Å²) in [7, 11) is 0. The fourth-order valence-electron chi connectivity index (χ4n) is 3.87. The van der Waals surface area contributed by atoms with Gasteiger partial charge in [0.15, 0.2) is 5.76 Å². The minimum atomic E-state index is -0.0689. The lowest BCUT2D eigenvalue weighted by molar-refractivity contribution is -0.128. The van der Waals surface area contributed by atoms with Crippen molar-refractivity contribution < 1.29 is 9.21 Å². The Morgan fingerprint density at radius 3 is 2.67 bits per heavy atom. The van der Waals surface area contributed by atoms with E-state index in [0.29, 0.717) is 11.7 Å². The van der Waals surface area contributed by atoms with Crippen LogP contribution in [0.3, 0.4) is 0 Å². The molecule has 1 aliphatic rings. The van der Waals surface area contributed by atoms with Crippen molar-refractivity contribution in [3.8, 4) is 17.1 Å². The summed E-state index contributed by atoms with van der Waals surface area (Å²) in [6, 6.07) is 20.0. The van der Waals surface area contributed by atoms with Gasteiger partial charge in [0.05, 0.1) is 11.4 Å². The van der Waals surface area contributed by atoms with Crippen LogP contribution >= 0.6 is 11.8 Å². The molecule has 1 saturated heterocycles. The van der Waals surface area contributed by atoms with Gasteiger partial charge in [-0.25, -0.2) is 4.68 Å². The van der Waals surface area contributed by atoms with Crippen molar-refractivity contribution in [3.05, 3.63) is 72.4 Å². The number of hydrogen-bond acceptors (Lipinski definition) is 4. The van der Waals surface area contributed by atoms with E-state index in [4.69, 9.17) is 9.52 Å². The van der Waals surface area contributed by atoms with Crippen molar-refractivity contribution in [1.82, 2.24) is 14.7 Å². The lowest BCUT2D eigenvalue weighted by Gasteiger charge is -2.25. The zero-order valence-electron chi connectivity index (χ0n) is 17.0. The first kappa shape index (κ1) is 19.0. The highest BCUT2D eigenvalue weighted by Crippen LogP contribution is 2.43. The molecule has 152 valence electrons. The van der Waals surface area contributed by atoms with Crippen molar-refractivity contribution in [1.29, 1.82) is 0 Å². The van der Waals surface area contributed by atoms with E-state index in [2.05, 4.69) is 13.8 Å². The third kappa shape index (κ3) is 3.41. The topological polar surface area (TPSA) is 51.3 Å². The summed E-state index contributed by atoms with van der Waals surface area (Å²) >= 11 is 1.66. The van der Waals surface area contributed by atoms with Gasteiger partial charge in [-0.1, -0.05) is 50.2 Å². The molecule has 5 rings (SSSR count). The van der Waals surface area contributed by atoms with Gasteiger partial charge in [0.1, 0.15) is 16.7 Å². The first-order valence-corrected chi connectivity index (χ1v) is 11.2. The molecule has 1 aliphatic heterocycles. The van der Waals surface area contributed by atoms with E-state index < -0.39 is 0 Å². The number of rotatable bonds is 5. The molecule has 0 bridgehead atoms. The van der Waals surface area contributed by atoms with Crippen LogP contribution in [0, 0.1) is 5.92 Å². The predicted octanol–water partition coefficient (Wildman–Crippen LogP) is 5.52. The lowest BCUT2D eigenvalue weighted by Crippen LogP contribution is -2.31. The van der Waals surface area contributed by atoms with Gasteiger partial charge >= 0.3 is 0 Å². The highest BCUT2D eigenvalue weighted by atomic mass is 32.2. The summed E-state index contributed by atoms with van der Waals surface area (Å²) < 4.78 is 8.04. The Morgan fingerprint density at radius 2 is 1.90 bits per heavy atom. The first-order chi connectivity index (χ1) is 14.6. The van der Waals surface area contributed by atoms with Crippen LogP contribution in [0.5, 0.6) is 0 Å². The molecule has 3 heterocycles. The second kappa shape index (κ2) is 7.69. The minimum absolute atomic E-state index is 0.0689. The monoisotopic (exact) mass is 417 g/mol. The minimum Gasteiger partial charge on any atom is -0.454 e. The quantitative estimate of drug-likeness (QED) is 0.429. The molecule has 0 spiro atoms. The number of fused-ring (bicyclic) bond motifs is 1. The van der Waals surface area contributed by atoms with E-state index >= 15 is 0 Å². The molecule has 0 N–H and O–H groups in total. The maximum Gasteiger partial charge on any atom is 0.233 e. The lowest BCUT2D eigenvalue weighted by atomic mass is 10.1. The molecule has 4 aromatic rings. The number of amides is 1. The van der Waals surface area contributed by atoms with Crippen LogP contribution in [0.4, 0.5) is 0 Å². The van der Waals surface area contributed by atoms with Gasteiger partial charge < -0.3 is 9.32 Å². The van der Waals surface area contributed by atoms with Crippen molar-refractivity contribution >= 4 is 28.6 Å².